The molecule has 1 aliphatic carbocycles. The van der Waals surface area contributed by atoms with E-state index in [1.165, 1.54) is 24.2 Å². The molecule has 18 heavy (non-hydrogen) atoms. The Balaban J connectivity index is 1.75. The molecule has 1 saturated carbocycles. The molecule has 0 radical (unpaired) electrons. The van der Waals surface area contributed by atoms with Crippen LogP contribution in [-0.2, 0) is 0 Å². The number of halogens is 1. The molecule has 1 aromatic heterocycles. The van der Waals surface area contributed by atoms with Crippen molar-refractivity contribution in [2.24, 2.45) is 17.6 Å². The zero-order chi connectivity index (χ0) is 12.7. The van der Waals surface area contributed by atoms with Gasteiger partial charge in [0.15, 0.2) is 0 Å². The van der Waals surface area contributed by atoms with Gasteiger partial charge >= 0.3 is 0 Å². The molecule has 1 aromatic rings. The summed E-state index contributed by atoms with van der Waals surface area (Å²) >= 11 is 4.95. The Morgan fingerprint density at radius 1 is 1.44 bits per heavy atom. The molecule has 1 saturated heterocycles. The van der Waals surface area contributed by atoms with E-state index < -0.39 is 0 Å². The molecular weight excluding hydrogens is 312 g/mol. The van der Waals surface area contributed by atoms with Crippen molar-refractivity contribution in [3.05, 3.63) is 20.8 Å². The first kappa shape index (κ1) is 12.6. The summed E-state index contributed by atoms with van der Waals surface area (Å²) in [5, 5.41) is 1.95. The molecule has 5 heteroatoms. The van der Waals surface area contributed by atoms with Crippen LogP contribution < -0.4 is 5.73 Å². The lowest BCUT2D eigenvalue weighted by Gasteiger charge is -2.29. The van der Waals surface area contributed by atoms with E-state index in [0.717, 1.165) is 28.9 Å². The largest absolute Gasteiger partial charge is 0.337 e. The van der Waals surface area contributed by atoms with Crippen LogP contribution in [0, 0.1) is 11.8 Å². The van der Waals surface area contributed by atoms with Crippen LogP contribution in [0.5, 0.6) is 0 Å². The maximum Gasteiger partial charge on any atom is 0.265 e. The number of thiophene rings is 1. The van der Waals surface area contributed by atoms with Gasteiger partial charge in [0.2, 0.25) is 0 Å². The minimum Gasteiger partial charge on any atom is -0.337 e. The Kier molecular flexibility index (Phi) is 3.47. The molecule has 3 unspecified atom stereocenters. The van der Waals surface area contributed by atoms with Gasteiger partial charge in [-0.1, -0.05) is 6.42 Å². The summed E-state index contributed by atoms with van der Waals surface area (Å²) in [5.41, 5.74) is 6.19. The van der Waals surface area contributed by atoms with E-state index in [0.29, 0.717) is 11.8 Å². The van der Waals surface area contributed by atoms with Gasteiger partial charge < -0.3 is 10.6 Å². The third-order valence-electron chi connectivity index (χ3n) is 4.25. The molecule has 2 N–H and O–H groups in total. The van der Waals surface area contributed by atoms with E-state index in [1.54, 1.807) is 0 Å². The van der Waals surface area contributed by atoms with Crippen LogP contribution in [0.1, 0.15) is 28.9 Å². The Morgan fingerprint density at radius 3 is 2.94 bits per heavy atom. The topological polar surface area (TPSA) is 46.3 Å². The summed E-state index contributed by atoms with van der Waals surface area (Å²) in [6, 6.07) is 2.22. The smallest absolute Gasteiger partial charge is 0.265 e. The molecule has 3 rings (SSSR count). The van der Waals surface area contributed by atoms with Gasteiger partial charge in [0.05, 0.1) is 0 Å². The van der Waals surface area contributed by atoms with Crippen molar-refractivity contribution in [2.45, 2.75) is 25.3 Å². The predicted molar refractivity (Wildman–Crippen MR) is 76.7 cm³/mol. The first-order chi connectivity index (χ1) is 8.66. The quantitative estimate of drug-likeness (QED) is 0.861. The zero-order valence-electron chi connectivity index (χ0n) is 10.1. The van der Waals surface area contributed by atoms with Crippen molar-refractivity contribution >= 4 is 33.2 Å². The fourth-order valence-electron chi connectivity index (χ4n) is 3.27. The number of hydrogen-bond donors (Lipinski definition) is 1. The minimum atomic E-state index is 0.165. The Morgan fingerprint density at radius 2 is 2.28 bits per heavy atom. The van der Waals surface area contributed by atoms with Gasteiger partial charge in [0.25, 0.3) is 5.91 Å². The number of carbonyl (C=O) groups excluding carboxylic acids is 1. The molecule has 3 atom stereocenters. The number of likely N-dealkylation sites (tertiary alicyclic amines) is 1. The highest BCUT2D eigenvalue weighted by Crippen LogP contribution is 2.37. The molecule has 1 amide bonds. The highest BCUT2D eigenvalue weighted by atomic mass is 79.9. The summed E-state index contributed by atoms with van der Waals surface area (Å²) in [4.78, 5) is 15.3. The molecule has 98 valence electrons. The van der Waals surface area contributed by atoms with Gasteiger partial charge in [-0.25, -0.2) is 0 Å². The third kappa shape index (κ3) is 2.12. The lowest BCUT2D eigenvalue weighted by Crippen LogP contribution is -2.38. The second-order valence-electron chi connectivity index (χ2n) is 5.33. The standard InChI is InChI=1S/C13H17BrN2OS/c14-10-4-5-18-12(10)13(17)16-6-8-2-1-3-11(15)9(8)7-16/h4-5,8-9,11H,1-3,6-7,15H2. The van der Waals surface area contributed by atoms with Gasteiger partial charge in [-0.15, -0.1) is 11.3 Å². The second-order valence-corrected chi connectivity index (χ2v) is 7.10. The van der Waals surface area contributed by atoms with E-state index in [4.69, 9.17) is 5.73 Å². The molecule has 3 nitrogen and oxygen atoms in total. The average molecular weight is 329 g/mol. The number of rotatable bonds is 1. The predicted octanol–water partition coefficient (Wildman–Crippen LogP) is 2.71. The van der Waals surface area contributed by atoms with Gasteiger partial charge in [-0.3, -0.25) is 4.79 Å². The highest BCUT2D eigenvalue weighted by molar-refractivity contribution is 9.10. The van der Waals surface area contributed by atoms with Gasteiger partial charge in [-0.2, -0.15) is 0 Å². The zero-order valence-corrected chi connectivity index (χ0v) is 12.5. The van der Waals surface area contributed by atoms with Crippen molar-refractivity contribution in [3.63, 3.8) is 0 Å². The number of hydrogen-bond acceptors (Lipinski definition) is 3. The molecular formula is C13H17BrN2OS. The lowest BCUT2D eigenvalue weighted by molar-refractivity contribution is 0.0787. The second kappa shape index (κ2) is 4.94. The van der Waals surface area contributed by atoms with E-state index in [1.807, 2.05) is 16.3 Å². The number of nitrogens with two attached hydrogens (primary N) is 1. The number of amides is 1. The Hall–Kier alpha value is -0.390. The number of fused-ring (bicyclic) bond motifs is 1. The molecule has 0 spiro atoms. The Bertz CT molecular complexity index is 462. The average Bonchev–Trinajstić information content (AvgIpc) is 2.95. The highest BCUT2D eigenvalue weighted by Gasteiger charge is 2.40. The summed E-state index contributed by atoms with van der Waals surface area (Å²) in [6.45, 7) is 1.73. The maximum absolute atomic E-state index is 12.4. The summed E-state index contributed by atoms with van der Waals surface area (Å²) in [7, 11) is 0. The van der Waals surface area contributed by atoms with E-state index in [9.17, 15) is 4.79 Å². The van der Waals surface area contributed by atoms with Crippen LogP contribution in [0.25, 0.3) is 0 Å². The van der Waals surface area contributed by atoms with Crippen molar-refractivity contribution in [2.75, 3.05) is 13.1 Å². The molecule has 2 heterocycles. The van der Waals surface area contributed by atoms with Crippen LogP contribution in [0.15, 0.2) is 15.9 Å². The van der Waals surface area contributed by atoms with Crippen LogP contribution in [0.4, 0.5) is 0 Å². The number of carbonyl (C=O) groups is 1. The fourth-order valence-corrected chi connectivity index (χ4v) is 4.78. The molecule has 0 bridgehead atoms. The summed E-state index contributed by atoms with van der Waals surface area (Å²) < 4.78 is 0.914. The fraction of sp³-hybridized carbons (Fsp3) is 0.615. The minimum absolute atomic E-state index is 0.165. The molecule has 1 aliphatic heterocycles. The van der Waals surface area contributed by atoms with Gasteiger partial charge in [-0.05, 0) is 52.1 Å². The van der Waals surface area contributed by atoms with Crippen LogP contribution in [0.3, 0.4) is 0 Å². The van der Waals surface area contributed by atoms with Crippen LogP contribution >= 0.6 is 27.3 Å². The first-order valence-electron chi connectivity index (χ1n) is 6.44. The first-order valence-corrected chi connectivity index (χ1v) is 8.12. The molecule has 2 aliphatic rings. The lowest BCUT2D eigenvalue weighted by atomic mass is 9.78. The van der Waals surface area contributed by atoms with Crippen molar-refractivity contribution in [3.8, 4) is 0 Å². The third-order valence-corrected chi connectivity index (χ3v) is 6.08. The normalized spacial score (nSPS) is 31.4. The number of nitrogens with zero attached hydrogens (tertiary/aromatic N) is 1. The monoisotopic (exact) mass is 328 g/mol. The van der Waals surface area contributed by atoms with Gasteiger partial charge in [0.1, 0.15) is 4.88 Å². The summed E-state index contributed by atoms with van der Waals surface area (Å²) in [6.07, 6.45) is 3.56. The van der Waals surface area contributed by atoms with Crippen LogP contribution in [0.2, 0.25) is 0 Å². The van der Waals surface area contributed by atoms with Gasteiger partial charge in [0, 0.05) is 23.6 Å². The Labute approximate surface area is 119 Å². The van der Waals surface area contributed by atoms with Crippen LogP contribution in [-0.4, -0.2) is 29.9 Å². The van der Waals surface area contributed by atoms with Crippen molar-refractivity contribution in [1.29, 1.82) is 0 Å². The van der Waals surface area contributed by atoms with E-state index >= 15 is 0 Å². The van der Waals surface area contributed by atoms with E-state index in [-0.39, 0.29) is 11.9 Å². The maximum atomic E-state index is 12.4. The SMILES string of the molecule is NC1CCCC2CN(C(=O)c3sccc3Br)CC12. The van der Waals surface area contributed by atoms with Crippen molar-refractivity contribution < 1.29 is 4.79 Å². The molecule has 2 fully saturated rings. The van der Waals surface area contributed by atoms with Crippen molar-refractivity contribution in [1.82, 2.24) is 4.90 Å². The van der Waals surface area contributed by atoms with E-state index in [2.05, 4.69) is 15.9 Å². The molecule has 0 aromatic carbocycles. The summed E-state index contributed by atoms with van der Waals surface area (Å²) in [5.74, 6) is 1.30.